The van der Waals surface area contributed by atoms with Crippen molar-refractivity contribution in [3.05, 3.63) is 81.8 Å². The number of nitrogens with one attached hydrogen (secondary N) is 1. The van der Waals surface area contributed by atoms with Gasteiger partial charge in [0.05, 0.1) is 16.8 Å². The molecule has 0 saturated carbocycles. The predicted octanol–water partition coefficient (Wildman–Crippen LogP) is 4.09. The van der Waals surface area contributed by atoms with E-state index in [1.54, 1.807) is 25.3 Å². The smallest absolute Gasteiger partial charge is 0.383 e. The number of carbonyl (C=O) groups excluding carboxylic acids is 1. The van der Waals surface area contributed by atoms with Crippen molar-refractivity contribution in [1.29, 1.82) is 0 Å². The van der Waals surface area contributed by atoms with Crippen LogP contribution >= 0.6 is 0 Å². The Hall–Kier alpha value is -3.94. The molecule has 0 spiro atoms. The minimum Gasteiger partial charge on any atom is -0.383 e. The summed E-state index contributed by atoms with van der Waals surface area (Å²) < 4.78 is 41.7. The maximum atomic E-state index is 13.9. The van der Waals surface area contributed by atoms with Crippen molar-refractivity contribution in [2.45, 2.75) is 26.6 Å². The summed E-state index contributed by atoms with van der Waals surface area (Å²) in [7, 11) is 1.99. The van der Waals surface area contributed by atoms with E-state index in [0.717, 1.165) is 24.7 Å². The molecule has 2 aromatic heterocycles. The standard InChI is InChI=1S/C28H29F3N6O/c1-18-12-20(15-34-26(18)32)4-5-21-13-23(16-33-19(21)2)27(38)35-24-7-6-22(25(14-24)28(29,30)31)17-37-10-8-36(3)9-11-37/h6-7,12-16H,8-11,17H2,1-3H3,(H2,32,34)(H,35,38). The highest BCUT2D eigenvalue weighted by Gasteiger charge is 2.34. The summed E-state index contributed by atoms with van der Waals surface area (Å²) in [4.78, 5) is 25.4. The number of hydrogen-bond acceptors (Lipinski definition) is 6. The highest BCUT2D eigenvalue weighted by molar-refractivity contribution is 6.04. The van der Waals surface area contributed by atoms with Crippen molar-refractivity contribution < 1.29 is 18.0 Å². The van der Waals surface area contributed by atoms with Crippen LogP contribution in [0, 0.1) is 25.7 Å². The Kier molecular flexibility index (Phi) is 7.99. The SMILES string of the molecule is Cc1cc(C#Cc2cc(C(=O)Nc3ccc(CN4CCN(C)CC4)c(C(F)(F)F)c3)cnc2C)cnc1N. The van der Waals surface area contributed by atoms with Crippen LogP contribution in [-0.4, -0.2) is 58.9 Å². The number of alkyl halides is 3. The Balaban J connectivity index is 1.53. The minimum atomic E-state index is -4.55. The lowest BCUT2D eigenvalue weighted by Gasteiger charge is -2.33. The van der Waals surface area contributed by atoms with E-state index < -0.39 is 17.6 Å². The number of halogens is 3. The molecular weight excluding hydrogens is 493 g/mol. The first-order valence-electron chi connectivity index (χ1n) is 12.1. The van der Waals surface area contributed by atoms with Gasteiger partial charge >= 0.3 is 6.18 Å². The quantitative estimate of drug-likeness (QED) is 0.502. The van der Waals surface area contributed by atoms with Crippen LogP contribution in [0.15, 0.2) is 42.7 Å². The normalized spacial score (nSPS) is 14.6. The number of anilines is 2. The first kappa shape index (κ1) is 27.1. The molecule has 1 amide bonds. The fraction of sp³-hybridized carbons (Fsp3) is 0.321. The molecule has 0 radical (unpaired) electrons. The molecule has 1 aliphatic heterocycles. The summed E-state index contributed by atoms with van der Waals surface area (Å²) in [6.45, 7) is 6.80. The zero-order chi connectivity index (χ0) is 27.4. The molecule has 3 N–H and O–H groups in total. The molecule has 0 atom stereocenters. The lowest BCUT2D eigenvalue weighted by Crippen LogP contribution is -2.44. The molecule has 3 heterocycles. The lowest BCUT2D eigenvalue weighted by molar-refractivity contribution is -0.138. The number of nitrogen functional groups attached to an aromatic ring is 1. The van der Waals surface area contributed by atoms with E-state index >= 15 is 0 Å². The number of carbonyl (C=O) groups is 1. The van der Waals surface area contributed by atoms with Crippen molar-refractivity contribution in [3.8, 4) is 11.8 Å². The van der Waals surface area contributed by atoms with Gasteiger partial charge in [0.15, 0.2) is 0 Å². The first-order chi connectivity index (χ1) is 18.0. The van der Waals surface area contributed by atoms with Crippen LogP contribution in [0.5, 0.6) is 0 Å². The maximum absolute atomic E-state index is 13.9. The Morgan fingerprint density at radius 1 is 1.05 bits per heavy atom. The fourth-order valence-corrected chi connectivity index (χ4v) is 4.08. The number of aryl methyl sites for hydroxylation is 2. The van der Waals surface area contributed by atoms with E-state index in [1.165, 1.54) is 18.3 Å². The number of aromatic nitrogens is 2. The van der Waals surface area contributed by atoms with Crippen LogP contribution in [0.2, 0.25) is 0 Å². The van der Waals surface area contributed by atoms with Gasteiger partial charge in [-0.25, -0.2) is 4.98 Å². The van der Waals surface area contributed by atoms with Gasteiger partial charge in [0.1, 0.15) is 5.82 Å². The van der Waals surface area contributed by atoms with Crippen LogP contribution in [-0.2, 0) is 12.7 Å². The number of piperazine rings is 1. The fourth-order valence-electron chi connectivity index (χ4n) is 4.08. The number of amides is 1. The van der Waals surface area contributed by atoms with E-state index in [9.17, 15) is 18.0 Å². The van der Waals surface area contributed by atoms with Gasteiger partial charge in [-0.15, -0.1) is 0 Å². The third kappa shape index (κ3) is 6.68. The maximum Gasteiger partial charge on any atom is 0.416 e. The van der Waals surface area contributed by atoms with Crippen LogP contribution in [0.4, 0.5) is 24.7 Å². The van der Waals surface area contributed by atoms with E-state index in [2.05, 4.69) is 32.0 Å². The average Bonchev–Trinajstić information content (AvgIpc) is 2.87. The highest BCUT2D eigenvalue weighted by Crippen LogP contribution is 2.34. The molecule has 7 nitrogen and oxygen atoms in total. The molecule has 38 heavy (non-hydrogen) atoms. The molecule has 3 aromatic rings. The molecule has 4 rings (SSSR count). The minimum absolute atomic E-state index is 0.0566. The Labute approximate surface area is 219 Å². The molecule has 1 fully saturated rings. The summed E-state index contributed by atoms with van der Waals surface area (Å²) in [5, 5.41) is 2.57. The number of pyridine rings is 2. The van der Waals surface area contributed by atoms with Crippen molar-refractivity contribution in [2.75, 3.05) is 44.3 Å². The number of nitrogens with two attached hydrogens (primary N) is 1. The Morgan fingerprint density at radius 3 is 2.47 bits per heavy atom. The molecule has 1 saturated heterocycles. The van der Waals surface area contributed by atoms with Crippen LogP contribution < -0.4 is 11.1 Å². The number of benzene rings is 1. The van der Waals surface area contributed by atoms with Crippen molar-refractivity contribution in [2.24, 2.45) is 0 Å². The predicted molar refractivity (Wildman–Crippen MR) is 141 cm³/mol. The van der Waals surface area contributed by atoms with Crippen LogP contribution in [0.3, 0.4) is 0 Å². The van der Waals surface area contributed by atoms with Crippen molar-refractivity contribution >= 4 is 17.4 Å². The van der Waals surface area contributed by atoms with Crippen molar-refractivity contribution in [1.82, 2.24) is 19.8 Å². The van der Waals surface area contributed by atoms with Gasteiger partial charge in [-0.3, -0.25) is 14.7 Å². The van der Waals surface area contributed by atoms with Crippen LogP contribution in [0.1, 0.15) is 43.9 Å². The van der Waals surface area contributed by atoms with Crippen molar-refractivity contribution in [3.63, 3.8) is 0 Å². The van der Waals surface area contributed by atoms with Gasteiger partial charge in [-0.2, -0.15) is 13.2 Å². The number of rotatable bonds is 4. The van der Waals surface area contributed by atoms with E-state index in [4.69, 9.17) is 5.73 Å². The zero-order valence-electron chi connectivity index (χ0n) is 21.5. The van der Waals surface area contributed by atoms with E-state index in [0.29, 0.717) is 35.7 Å². The second-order valence-corrected chi connectivity index (χ2v) is 9.44. The topological polar surface area (TPSA) is 87.4 Å². The average molecular weight is 523 g/mol. The lowest BCUT2D eigenvalue weighted by atomic mass is 10.0. The summed E-state index contributed by atoms with van der Waals surface area (Å²) >= 11 is 0. The number of hydrogen-bond donors (Lipinski definition) is 2. The third-order valence-corrected chi connectivity index (χ3v) is 6.47. The van der Waals surface area contributed by atoms with Gasteiger partial charge in [0.25, 0.3) is 5.91 Å². The summed E-state index contributed by atoms with van der Waals surface area (Å²) in [6, 6.07) is 7.29. The van der Waals surface area contributed by atoms with Gasteiger partial charge < -0.3 is 16.0 Å². The molecular formula is C28H29F3N6O. The molecule has 0 aliphatic carbocycles. The largest absolute Gasteiger partial charge is 0.416 e. The Bertz CT molecular complexity index is 1400. The van der Waals surface area contributed by atoms with Gasteiger partial charge in [-0.1, -0.05) is 17.9 Å². The zero-order valence-corrected chi connectivity index (χ0v) is 21.5. The van der Waals surface area contributed by atoms with Gasteiger partial charge in [0.2, 0.25) is 0 Å². The molecule has 198 valence electrons. The molecule has 1 aromatic carbocycles. The molecule has 0 bridgehead atoms. The highest BCUT2D eigenvalue weighted by atomic mass is 19.4. The van der Waals surface area contributed by atoms with Crippen LogP contribution in [0.25, 0.3) is 0 Å². The second-order valence-electron chi connectivity index (χ2n) is 9.44. The van der Waals surface area contributed by atoms with E-state index in [1.807, 2.05) is 18.9 Å². The number of nitrogens with zero attached hydrogens (tertiary/aromatic N) is 4. The summed E-state index contributed by atoms with van der Waals surface area (Å²) in [5.41, 5.74) is 8.00. The first-order valence-corrected chi connectivity index (χ1v) is 12.1. The summed E-state index contributed by atoms with van der Waals surface area (Å²) in [5.74, 6) is 5.81. The number of likely N-dealkylation sites (N-methyl/N-ethyl adjacent to an activating group) is 1. The summed E-state index contributed by atoms with van der Waals surface area (Å²) in [6.07, 6.45) is -1.62. The Morgan fingerprint density at radius 2 is 1.79 bits per heavy atom. The van der Waals surface area contributed by atoms with Gasteiger partial charge in [-0.05, 0) is 56.3 Å². The van der Waals surface area contributed by atoms with Gasteiger partial charge in [0, 0.05) is 61.9 Å². The molecule has 0 unspecified atom stereocenters. The van der Waals surface area contributed by atoms with E-state index in [-0.39, 0.29) is 23.4 Å². The second kappa shape index (κ2) is 11.2. The molecule has 10 heteroatoms. The third-order valence-electron chi connectivity index (χ3n) is 6.47. The monoisotopic (exact) mass is 522 g/mol. The molecule has 1 aliphatic rings.